The summed E-state index contributed by atoms with van der Waals surface area (Å²) in [5.74, 6) is 0. The molecule has 2 rings (SSSR count). The Kier molecular flexibility index (Phi) is 1.52. The normalized spacial score (nSPS) is 22.5. The molecule has 0 bridgehead atoms. The zero-order chi connectivity index (χ0) is 10.0. The van der Waals surface area contributed by atoms with Crippen LogP contribution in [-0.4, -0.2) is 0 Å². The Morgan fingerprint density at radius 3 is 2.75 bits per heavy atom. The van der Waals surface area contributed by atoms with E-state index in [0.717, 1.165) is 11.1 Å². The molecule has 0 radical (unpaired) electrons. The summed E-state index contributed by atoms with van der Waals surface area (Å²) in [6, 6.07) is 9.95. The van der Waals surface area contributed by atoms with Gasteiger partial charge in [0.05, 0.1) is 0 Å². The fraction of sp³-hybridized carbons (Fsp3) is 0.167. The lowest BCUT2D eigenvalue weighted by atomic mass is 9.98. The van der Waals surface area contributed by atoms with E-state index in [0.29, 0.717) is 6.42 Å². The van der Waals surface area contributed by atoms with Crippen LogP contribution in [0.1, 0.15) is 21.1 Å². The summed E-state index contributed by atoms with van der Waals surface area (Å²) in [4.78, 5) is 0. The Morgan fingerprint density at radius 2 is 2.00 bits per heavy atom. The van der Waals surface area contributed by atoms with Crippen molar-refractivity contribution in [3.63, 3.8) is 0 Å². The molecule has 1 aromatic carbocycles. The minimum absolute atomic E-state index is 0.466. The standard InChI is InChI=1S/C12H12/c1-3-7-11(8-4-1)12-9-5-2-6-10-12/h1-5,7-9H,6,10H2/i6D2. The molecule has 0 nitrogen and oxygen atoms in total. The molecule has 0 unspecified atom stereocenters. The van der Waals surface area contributed by atoms with Crippen LogP contribution in [0.15, 0.2) is 48.6 Å². The first-order valence-electron chi connectivity index (χ1n) is 5.11. The maximum absolute atomic E-state index is 7.64. The molecular weight excluding hydrogens is 144 g/mol. The monoisotopic (exact) mass is 158 g/mol. The molecule has 0 heterocycles. The topological polar surface area (TPSA) is 0 Å². The maximum Gasteiger partial charge on any atom is 0.0313 e. The van der Waals surface area contributed by atoms with Gasteiger partial charge in [0.25, 0.3) is 0 Å². The summed E-state index contributed by atoms with van der Waals surface area (Å²) in [5, 5.41) is 0. The Balaban J connectivity index is 2.30. The van der Waals surface area contributed by atoms with Crippen molar-refractivity contribution in [1.82, 2.24) is 0 Å². The molecule has 0 spiro atoms. The zero-order valence-electron chi connectivity index (χ0n) is 8.83. The number of allylic oxidation sites excluding steroid dienone is 4. The number of rotatable bonds is 1. The Morgan fingerprint density at radius 1 is 1.17 bits per heavy atom. The van der Waals surface area contributed by atoms with Crippen LogP contribution in [-0.2, 0) is 0 Å². The van der Waals surface area contributed by atoms with Crippen LogP contribution in [0.4, 0.5) is 0 Å². The fourth-order valence-corrected chi connectivity index (χ4v) is 1.31. The Hall–Kier alpha value is -1.30. The Bertz CT molecular complexity index is 375. The van der Waals surface area contributed by atoms with E-state index in [9.17, 15) is 0 Å². The van der Waals surface area contributed by atoms with Gasteiger partial charge in [0.2, 0.25) is 0 Å². The molecular formula is C12H12. The van der Waals surface area contributed by atoms with Crippen molar-refractivity contribution >= 4 is 5.57 Å². The molecule has 0 heteroatoms. The first kappa shape index (κ1) is 5.36. The number of hydrogen-bond donors (Lipinski definition) is 0. The van der Waals surface area contributed by atoms with Crippen LogP contribution < -0.4 is 0 Å². The molecule has 1 aliphatic rings. The van der Waals surface area contributed by atoms with E-state index in [4.69, 9.17) is 2.74 Å². The second-order valence-corrected chi connectivity index (χ2v) is 2.80. The third-order valence-electron chi connectivity index (χ3n) is 1.95. The lowest BCUT2D eigenvalue weighted by Crippen LogP contribution is -1.86. The van der Waals surface area contributed by atoms with Crippen LogP contribution in [0, 0.1) is 0 Å². The minimum Gasteiger partial charge on any atom is -0.0842 e. The zero-order valence-corrected chi connectivity index (χ0v) is 6.83. The number of hydrogen-bond acceptors (Lipinski definition) is 0. The van der Waals surface area contributed by atoms with E-state index < -0.39 is 6.37 Å². The van der Waals surface area contributed by atoms with Crippen LogP contribution in [0.25, 0.3) is 5.57 Å². The van der Waals surface area contributed by atoms with E-state index in [2.05, 4.69) is 0 Å². The molecule has 0 amide bonds. The molecule has 12 heavy (non-hydrogen) atoms. The molecule has 0 saturated heterocycles. The molecule has 1 aromatic rings. The van der Waals surface area contributed by atoms with Gasteiger partial charge in [0.15, 0.2) is 0 Å². The van der Waals surface area contributed by atoms with Crippen molar-refractivity contribution in [2.75, 3.05) is 0 Å². The summed E-state index contributed by atoms with van der Waals surface area (Å²) in [6.45, 7) is 0. The molecule has 0 atom stereocenters. The molecule has 0 aromatic heterocycles. The van der Waals surface area contributed by atoms with Crippen molar-refractivity contribution in [2.45, 2.75) is 12.8 Å². The van der Waals surface area contributed by atoms with Gasteiger partial charge in [-0.2, -0.15) is 0 Å². The van der Waals surface area contributed by atoms with Gasteiger partial charge < -0.3 is 0 Å². The smallest absolute Gasteiger partial charge is 0.0313 e. The summed E-state index contributed by atoms with van der Waals surface area (Å²) in [6.07, 6.45) is 4.66. The highest BCUT2D eigenvalue weighted by Gasteiger charge is 2.00. The summed E-state index contributed by atoms with van der Waals surface area (Å²) >= 11 is 0. The molecule has 0 saturated carbocycles. The quantitative estimate of drug-likeness (QED) is 0.587. The van der Waals surface area contributed by atoms with E-state index in [1.807, 2.05) is 36.4 Å². The van der Waals surface area contributed by atoms with Gasteiger partial charge in [-0.15, -0.1) is 0 Å². The predicted octanol–water partition coefficient (Wildman–Crippen LogP) is 3.42. The Labute approximate surface area is 76.0 Å². The molecule has 0 N–H and O–H groups in total. The largest absolute Gasteiger partial charge is 0.0842 e. The minimum atomic E-state index is -1.19. The highest BCUT2D eigenvalue weighted by atomic mass is 14.1. The van der Waals surface area contributed by atoms with Crippen molar-refractivity contribution in [1.29, 1.82) is 0 Å². The molecule has 0 fully saturated rings. The lowest BCUT2D eigenvalue weighted by Gasteiger charge is -2.08. The van der Waals surface area contributed by atoms with Gasteiger partial charge in [-0.25, -0.2) is 0 Å². The van der Waals surface area contributed by atoms with Gasteiger partial charge >= 0.3 is 0 Å². The van der Waals surface area contributed by atoms with Crippen molar-refractivity contribution in [2.24, 2.45) is 0 Å². The number of benzene rings is 1. The van der Waals surface area contributed by atoms with Crippen LogP contribution in [0.3, 0.4) is 0 Å². The van der Waals surface area contributed by atoms with Crippen LogP contribution in [0.2, 0.25) is 0 Å². The average Bonchev–Trinajstić information content (AvgIpc) is 2.18. The summed E-state index contributed by atoms with van der Waals surface area (Å²) in [7, 11) is 0. The van der Waals surface area contributed by atoms with Gasteiger partial charge in [-0.1, -0.05) is 48.6 Å². The van der Waals surface area contributed by atoms with Crippen molar-refractivity contribution in [3.8, 4) is 0 Å². The molecule has 60 valence electrons. The van der Waals surface area contributed by atoms with Gasteiger partial charge in [0.1, 0.15) is 0 Å². The SMILES string of the molecule is [2H]C1([2H])C=CC=C(c2ccccc2)C1. The highest BCUT2D eigenvalue weighted by Crippen LogP contribution is 2.22. The highest BCUT2D eigenvalue weighted by molar-refractivity contribution is 5.67. The van der Waals surface area contributed by atoms with Crippen LogP contribution in [0.5, 0.6) is 0 Å². The van der Waals surface area contributed by atoms with Gasteiger partial charge in [0, 0.05) is 2.74 Å². The van der Waals surface area contributed by atoms with Crippen molar-refractivity contribution in [3.05, 3.63) is 54.1 Å². The van der Waals surface area contributed by atoms with Gasteiger partial charge in [-0.05, 0) is 23.9 Å². The van der Waals surface area contributed by atoms with Gasteiger partial charge in [-0.3, -0.25) is 0 Å². The summed E-state index contributed by atoms with van der Waals surface area (Å²) < 4.78 is 15.3. The first-order valence-corrected chi connectivity index (χ1v) is 4.11. The van der Waals surface area contributed by atoms with E-state index in [1.54, 1.807) is 12.2 Å². The average molecular weight is 158 g/mol. The third kappa shape index (κ3) is 1.48. The van der Waals surface area contributed by atoms with E-state index in [1.165, 1.54) is 0 Å². The second kappa shape index (κ2) is 3.40. The van der Waals surface area contributed by atoms with E-state index >= 15 is 0 Å². The predicted molar refractivity (Wildman–Crippen MR) is 52.8 cm³/mol. The summed E-state index contributed by atoms with van der Waals surface area (Å²) in [5.41, 5.74) is 2.18. The fourth-order valence-electron chi connectivity index (χ4n) is 1.31. The van der Waals surface area contributed by atoms with Crippen LogP contribution >= 0.6 is 0 Å². The lowest BCUT2D eigenvalue weighted by molar-refractivity contribution is 1.05. The molecule has 0 aliphatic heterocycles. The third-order valence-corrected chi connectivity index (χ3v) is 1.95. The second-order valence-electron chi connectivity index (χ2n) is 2.80. The molecule has 1 aliphatic carbocycles. The van der Waals surface area contributed by atoms with E-state index in [-0.39, 0.29) is 0 Å². The van der Waals surface area contributed by atoms with Crippen molar-refractivity contribution < 1.29 is 2.74 Å². The first-order chi connectivity index (χ1) is 6.67. The maximum atomic E-state index is 7.64.